The molecule has 0 spiro atoms. The Balaban J connectivity index is 2.39. The monoisotopic (exact) mass is 293 g/mol. The third-order valence-electron chi connectivity index (χ3n) is 2.33. The number of non-ortho nitro benzene ring substituents is 1. The van der Waals surface area contributed by atoms with Gasteiger partial charge in [-0.15, -0.1) is 0 Å². The van der Waals surface area contributed by atoms with Gasteiger partial charge in [0.25, 0.3) is 15.7 Å². The van der Waals surface area contributed by atoms with Crippen molar-refractivity contribution < 1.29 is 13.3 Å². The van der Waals surface area contributed by atoms with Gasteiger partial charge in [0, 0.05) is 12.1 Å². The van der Waals surface area contributed by atoms with E-state index in [0.717, 1.165) is 12.3 Å². The molecule has 1 heterocycles. The predicted octanol–water partition coefficient (Wildman–Crippen LogP) is 0.990. The van der Waals surface area contributed by atoms with Gasteiger partial charge >= 0.3 is 0 Å². The summed E-state index contributed by atoms with van der Waals surface area (Å²) in [6.45, 7) is 0. The lowest BCUT2D eigenvalue weighted by Gasteiger charge is -2.05. The van der Waals surface area contributed by atoms with Gasteiger partial charge in [0.15, 0.2) is 5.82 Å². The lowest BCUT2D eigenvalue weighted by atomic mass is 10.3. The molecular weight excluding hydrogens is 286 g/mol. The van der Waals surface area contributed by atoms with Crippen molar-refractivity contribution in [2.75, 3.05) is 4.72 Å². The highest BCUT2D eigenvalue weighted by Crippen LogP contribution is 2.20. The maximum Gasteiger partial charge on any atom is 0.270 e. The molecule has 0 amide bonds. The first-order valence-corrected chi connectivity index (χ1v) is 6.63. The van der Waals surface area contributed by atoms with E-state index in [1.54, 1.807) is 6.07 Å². The van der Waals surface area contributed by atoms with Crippen LogP contribution in [0.15, 0.2) is 35.4 Å². The van der Waals surface area contributed by atoms with Crippen LogP contribution >= 0.6 is 0 Å². The van der Waals surface area contributed by atoms with E-state index in [0.29, 0.717) is 0 Å². The van der Waals surface area contributed by atoms with E-state index < -0.39 is 14.9 Å². The van der Waals surface area contributed by atoms with Crippen molar-refractivity contribution in [1.82, 2.24) is 10.2 Å². The molecule has 0 fully saturated rings. The average molecular weight is 293 g/mol. The van der Waals surface area contributed by atoms with Crippen molar-refractivity contribution in [3.05, 3.63) is 46.1 Å². The SMILES string of the molecule is N#Cc1cn[nH]c1NS(=O)(=O)c1cccc([N+](=O)[O-])c1. The van der Waals surface area contributed by atoms with Gasteiger partial charge in [-0.25, -0.2) is 8.42 Å². The number of nitrogens with zero attached hydrogens (tertiary/aromatic N) is 3. The second kappa shape index (κ2) is 4.98. The number of H-pyrrole nitrogens is 1. The minimum Gasteiger partial charge on any atom is -0.263 e. The molecule has 10 heteroatoms. The summed E-state index contributed by atoms with van der Waals surface area (Å²) < 4.78 is 26.2. The molecule has 0 radical (unpaired) electrons. The quantitative estimate of drug-likeness (QED) is 0.635. The molecule has 0 bridgehead atoms. The Bertz CT molecular complexity index is 805. The number of hydrogen-bond donors (Lipinski definition) is 2. The molecule has 0 atom stereocenters. The summed E-state index contributed by atoms with van der Waals surface area (Å²) in [6.07, 6.45) is 1.16. The summed E-state index contributed by atoms with van der Waals surface area (Å²) in [5, 5.41) is 25.2. The highest BCUT2D eigenvalue weighted by molar-refractivity contribution is 7.92. The van der Waals surface area contributed by atoms with E-state index in [9.17, 15) is 18.5 Å². The molecule has 0 aliphatic rings. The first kappa shape index (κ1) is 13.5. The molecule has 0 unspecified atom stereocenters. The smallest absolute Gasteiger partial charge is 0.263 e. The Kier molecular flexibility index (Phi) is 3.36. The summed E-state index contributed by atoms with van der Waals surface area (Å²) in [6, 6.07) is 6.31. The molecule has 1 aromatic heterocycles. The second-order valence-corrected chi connectivity index (χ2v) is 5.31. The number of nitrogens with one attached hydrogen (secondary N) is 2. The fraction of sp³-hybridized carbons (Fsp3) is 0. The number of nitro benzene ring substituents is 1. The Morgan fingerprint density at radius 2 is 2.20 bits per heavy atom. The van der Waals surface area contributed by atoms with E-state index in [-0.39, 0.29) is 22.0 Å². The zero-order valence-corrected chi connectivity index (χ0v) is 10.6. The van der Waals surface area contributed by atoms with Crippen LogP contribution < -0.4 is 4.72 Å². The Morgan fingerprint density at radius 1 is 1.45 bits per heavy atom. The molecule has 0 saturated carbocycles. The van der Waals surface area contributed by atoms with Crippen LogP contribution in [0.2, 0.25) is 0 Å². The Morgan fingerprint density at radius 3 is 2.85 bits per heavy atom. The number of rotatable bonds is 4. The number of aromatic nitrogens is 2. The van der Waals surface area contributed by atoms with Crippen LogP contribution in [0.5, 0.6) is 0 Å². The maximum atomic E-state index is 12.1. The van der Waals surface area contributed by atoms with Gasteiger partial charge in [-0.2, -0.15) is 10.4 Å². The molecule has 0 aliphatic heterocycles. The van der Waals surface area contributed by atoms with Crippen LogP contribution in [0.1, 0.15) is 5.56 Å². The van der Waals surface area contributed by atoms with Crippen LogP contribution in [0.3, 0.4) is 0 Å². The van der Waals surface area contributed by atoms with Crippen LogP contribution in [0.25, 0.3) is 0 Å². The fourth-order valence-electron chi connectivity index (χ4n) is 1.41. The summed E-state index contributed by atoms with van der Waals surface area (Å²) in [5.41, 5.74) is -0.336. The Hall–Kier alpha value is -2.93. The minimum atomic E-state index is -4.05. The van der Waals surface area contributed by atoms with Gasteiger partial charge in [0.05, 0.1) is 16.0 Å². The van der Waals surface area contributed by atoms with Crippen LogP contribution in [0.4, 0.5) is 11.5 Å². The molecule has 2 N–H and O–H groups in total. The topological polar surface area (TPSA) is 142 Å². The molecule has 2 aromatic rings. The first-order valence-electron chi connectivity index (χ1n) is 5.15. The van der Waals surface area contributed by atoms with Crippen molar-refractivity contribution in [2.45, 2.75) is 4.90 Å². The number of benzene rings is 1. The first-order chi connectivity index (χ1) is 9.44. The predicted molar refractivity (Wildman–Crippen MR) is 67.2 cm³/mol. The molecule has 1 aromatic carbocycles. The third-order valence-corrected chi connectivity index (χ3v) is 3.68. The molecule has 9 nitrogen and oxygen atoms in total. The minimum absolute atomic E-state index is 0.0130. The van der Waals surface area contributed by atoms with Gasteiger partial charge in [-0.1, -0.05) is 6.07 Å². The fourth-order valence-corrected chi connectivity index (χ4v) is 2.48. The number of anilines is 1. The van der Waals surface area contributed by atoms with Crippen molar-refractivity contribution in [3.63, 3.8) is 0 Å². The average Bonchev–Trinajstić information content (AvgIpc) is 2.85. The molecule has 102 valence electrons. The van der Waals surface area contributed by atoms with Crippen LogP contribution in [0, 0.1) is 21.4 Å². The molecule has 20 heavy (non-hydrogen) atoms. The normalized spacial score (nSPS) is 10.8. The second-order valence-electron chi connectivity index (χ2n) is 3.63. The van der Waals surface area contributed by atoms with Crippen molar-refractivity contribution in [1.29, 1.82) is 5.26 Å². The van der Waals surface area contributed by atoms with Crippen LogP contribution in [-0.4, -0.2) is 23.5 Å². The maximum absolute atomic E-state index is 12.1. The summed E-state index contributed by atoms with van der Waals surface area (Å²) in [4.78, 5) is 9.64. The number of nitriles is 1. The van der Waals surface area contributed by atoms with Crippen molar-refractivity contribution in [3.8, 4) is 6.07 Å². The van der Waals surface area contributed by atoms with Gasteiger partial charge in [-0.3, -0.25) is 19.9 Å². The van der Waals surface area contributed by atoms with Crippen molar-refractivity contribution in [2.24, 2.45) is 0 Å². The molecule has 0 aliphatic carbocycles. The lowest BCUT2D eigenvalue weighted by Crippen LogP contribution is -2.14. The van der Waals surface area contributed by atoms with E-state index in [4.69, 9.17) is 5.26 Å². The van der Waals surface area contributed by atoms with E-state index in [1.165, 1.54) is 18.2 Å². The third kappa shape index (κ3) is 2.57. The van der Waals surface area contributed by atoms with Crippen LogP contribution in [-0.2, 0) is 10.0 Å². The molecule has 0 saturated heterocycles. The summed E-state index contributed by atoms with van der Waals surface area (Å²) >= 11 is 0. The zero-order valence-electron chi connectivity index (χ0n) is 9.77. The number of nitro groups is 1. The largest absolute Gasteiger partial charge is 0.270 e. The highest BCUT2D eigenvalue weighted by Gasteiger charge is 2.19. The lowest BCUT2D eigenvalue weighted by molar-refractivity contribution is -0.385. The molecule has 2 rings (SSSR count). The highest BCUT2D eigenvalue weighted by atomic mass is 32.2. The van der Waals surface area contributed by atoms with Gasteiger partial charge in [0.1, 0.15) is 11.6 Å². The summed E-state index contributed by atoms with van der Waals surface area (Å²) in [5.74, 6) is -0.0981. The van der Waals surface area contributed by atoms with Gasteiger partial charge in [-0.05, 0) is 6.07 Å². The van der Waals surface area contributed by atoms with Gasteiger partial charge in [0.2, 0.25) is 0 Å². The summed E-state index contributed by atoms with van der Waals surface area (Å²) in [7, 11) is -4.05. The standard InChI is InChI=1S/C10H7N5O4S/c11-5-7-6-12-13-10(7)14-20(18,19)9-3-1-2-8(4-9)15(16)17/h1-4,6H,(H2,12,13,14). The Labute approximate surface area is 113 Å². The van der Waals surface area contributed by atoms with E-state index in [1.807, 2.05) is 0 Å². The van der Waals surface area contributed by atoms with E-state index in [2.05, 4.69) is 14.9 Å². The number of hydrogen-bond acceptors (Lipinski definition) is 6. The zero-order chi connectivity index (χ0) is 14.8. The van der Waals surface area contributed by atoms with E-state index >= 15 is 0 Å². The number of aromatic amines is 1. The van der Waals surface area contributed by atoms with Gasteiger partial charge < -0.3 is 0 Å². The number of sulfonamides is 1. The molecular formula is C10H7N5O4S. The van der Waals surface area contributed by atoms with Crippen molar-refractivity contribution >= 4 is 21.5 Å².